The van der Waals surface area contributed by atoms with Crippen LogP contribution in [0.15, 0.2) is 30.5 Å². The van der Waals surface area contributed by atoms with Crippen LogP contribution >= 0.6 is 0 Å². The standard InChI is InChI=1S/C19H25F3N2O/c1-19(2,22)9-8-14(18-23-12-17(21)24-18)11-16(25)7-6-13-4-3-5-15(20)10-13/h3-5,10,12,14,16,25H,6-9,11H2,1-2H3,(H,23,24)/t14-,16+/m1/s1. The number of rotatable bonds is 9. The Hall–Kier alpha value is -1.82. The summed E-state index contributed by atoms with van der Waals surface area (Å²) < 4.78 is 40.2. The summed E-state index contributed by atoms with van der Waals surface area (Å²) in [5.41, 5.74) is -0.528. The van der Waals surface area contributed by atoms with Crippen molar-refractivity contribution in [1.82, 2.24) is 9.97 Å². The molecule has 0 radical (unpaired) electrons. The van der Waals surface area contributed by atoms with Crippen molar-refractivity contribution in [2.24, 2.45) is 0 Å². The second-order valence-corrected chi connectivity index (χ2v) is 7.13. The molecular formula is C19H25F3N2O. The Morgan fingerprint density at radius 1 is 1.24 bits per heavy atom. The summed E-state index contributed by atoms with van der Waals surface area (Å²) in [5, 5.41) is 10.3. The average Bonchev–Trinajstić information content (AvgIpc) is 2.95. The fourth-order valence-electron chi connectivity index (χ4n) is 2.88. The van der Waals surface area contributed by atoms with E-state index in [4.69, 9.17) is 0 Å². The lowest BCUT2D eigenvalue weighted by atomic mass is 9.89. The molecule has 2 N–H and O–H groups in total. The van der Waals surface area contributed by atoms with Gasteiger partial charge in [0.25, 0.3) is 0 Å². The number of hydrogen-bond donors (Lipinski definition) is 2. The molecule has 0 bridgehead atoms. The first-order valence-corrected chi connectivity index (χ1v) is 8.55. The zero-order valence-corrected chi connectivity index (χ0v) is 14.6. The summed E-state index contributed by atoms with van der Waals surface area (Å²) in [7, 11) is 0. The van der Waals surface area contributed by atoms with Crippen molar-refractivity contribution >= 4 is 0 Å². The van der Waals surface area contributed by atoms with Crippen LogP contribution in [0, 0.1) is 11.8 Å². The van der Waals surface area contributed by atoms with Crippen LogP contribution in [0.5, 0.6) is 0 Å². The second kappa shape index (κ2) is 8.52. The summed E-state index contributed by atoms with van der Waals surface area (Å²) in [6.45, 7) is 2.99. The number of aliphatic hydroxyl groups excluding tert-OH is 1. The maximum Gasteiger partial charge on any atom is 0.210 e. The molecule has 0 aliphatic rings. The van der Waals surface area contributed by atoms with E-state index in [1.165, 1.54) is 26.0 Å². The van der Waals surface area contributed by atoms with E-state index in [1.807, 2.05) is 0 Å². The van der Waals surface area contributed by atoms with E-state index >= 15 is 0 Å². The van der Waals surface area contributed by atoms with Gasteiger partial charge in [-0.3, -0.25) is 0 Å². The first-order valence-electron chi connectivity index (χ1n) is 8.55. The third kappa shape index (κ3) is 6.90. The van der Waals surface area contributed by atoms with Crippen molar-refractivity contribution in [3.05, 3.63) is 53.6 Å². The molecule has 138 valence electrons. The van der Waals surface area contributed by atoms with E-state index in [-0.39, 0.29) is 18.2 Å². The van der Waals surface area contributed by atoms with Crippen LogP contribution < -0.4 is 0 Å². The molecule has 1 heterocycles. The smallest absolute Gasteiger partial charge is 0.210 e. The number of aromatic nitrogens is 2. The highest BCUT2D eigenvalue weighted by atomic mass is 19.1. The van der Waals surface area contributed by atoms with E-state index in [9.17, 15) is 18.3 Å². The third-order valence-corrected chi connectivity index (χ3v) is 4.25. The molecule has 1 aromatic heterocycles. The van der Waals surface area contributed by atoms with Crippen LogP contribution in [0.2, 0.25) is 0 Å². The molecule has 0 saturated carbocycles. The normalized spacial score (nSPS) is 14.5. The van der Waals surface area contributed by atoms with E-state index in [1.54, 1.807) is 12.1 Å². The van der Waals surface area contributed by atoms with Gasteiger partial charge in [-0.05, 0) is 63.6 Å². The quantitative estimate of drug-likeness (QED) is 0.687. The number of aliphatic hydroxyl groups is 1. The Labute approximate surface area is 146 Å². The number of aromatic amines is 1. The molecule has 0 saturated heterocycles. The number of H-pyrrole nitrogens is 1. The summed E-state index contributed by atoms with van der Waals surface area (Å²) in [5.74, 6) is -0.691. The number of halogens is 3. The summed E-state index contributed by atoms with van der Waals surface area (Å²) in [6.07, 6.45) is 2.49. The van der Waals surface area contributed by atoms with Crippen LogP contribution in [0.25, 0.3) is 0 Å². The molecule has 2 aromatic rings. The number of hydrogen-bond acceptors (Lipinski definition) is 2. The van der Waals surface area contributed by atoms with E-state index < -0.39 is 17.7 Å². The fraction of sp³-hybridized carbons (Fsp3) is 0.526. The minimum Gasteiger partial charge on any atom is -0.393 e. The maximum absolute atomic E-state index is 13.8. The van der Waals surface area contributed by atoms with Crippen molar-refractivity contribution in [2.45, 2.75) is 63.6 Å². The van der Waals surface area contributed by atoms with Gasteiger partial charge in [-0.1, -0.05) is 12.1 Å². The SMILES string of the molecule is CC(C)(F)CC[C@H](C[C@@H](O)CCc1cccc(F)c1)c1ncc(F)[nH]1. The van der Waals surface area contributed by atoms with Gasteiger partial charge in [0.15, 0.2) is 0 Å². The maximum atomic E-state index is 13.8. The van der Waals surface area contributed by atoms with Gasteiger partial charge >= 0.3 is 0 Å². The third-order valence-electron chi connectivity index (χ3n) is 4.25. The fourth-order valence-corrected chi connectivity index (χ4v) is 2.88. The van der Waals surface area contributed by atoms with Crippen LogP contribution in [0.3, 0.4) is 0 Å². The number of benzene rings is 1. The van der Waals surface area contributed by atoms with E-state index in [2.05, 4.69) is 9.97 Å². The molecule has 3 nitrogen and oxygen atoms in total. The first-order chi connectivity index (χ1) is 11.7. The Kier molecular flexibility index (Phi) is 6.64. The van der Waals surface area contributed by atoms with Crippen molar-refractivity contribution in [3.8, 4) is 0 Å². The van der Waals surface area contributed by atoms with Crippen molar-refractivity contribution in [2.75, 3.05) is 0 Å². The van der Waals surface area contributed by atoms with Gasteiger partial charge in [-0.15, -0.1) is 0 Å². The zero-order valence-electron chi connectivity index (χ0n) is 14.6. The van der Waals surface area contributed by atoms with Crippen molar-refractivity contribution in [1.29, 1.82) is 0 Å². The number of aryl methyl sites for hydroxylation is 1. The van der Waals surface area contributed by atoms with E-state index in [0.717, 1.165) is 11.8 Å². The van der Waals surface area contributed by atoms with Gasteiger partial charge in [0, 0.05) is 5.92 Å². The average molecular weight is 354 g/mol. The molecule has 0 amide bonds. The summed E-state index contributed by atoms with van der Waals surface area (Å²) >= 11 is 0. The van der Waals surface area contributed by atoms with Gasteiger partial charge in [0.1, 0.15) is 17.3 Å². The molecule has 1 aromatic carbocycles. The lowest BCUT2D eigenvalue weighted by molar-refractivity contribution is 0.134. The molecule has 0 unspecified atom stereocenters. The predicted molar refractivity (Wildman–Crippen MR) is 91.1 cm³/mol. The molecule has 6 heteroatoms. The van der Waals surface area contributed by atoms with Gasteiger partial charge in [0.2, 0.25) is 5.95 Å². The lowest BCUT2D eigenvalue weighted by Gasteiger charge is -2.22. The largest absolute Gasteiger partial charge is 0.393 e. The Bertz CT molecular complexity index is 667. The predicted octanol–water partition coefficient (Wildman–Crippen LogP) is 4.68. The van der Waals surface area contributed by atoms with Gasteiger partial charge in [-0.2, -0.15) is 4.39 Å². The van der Waals surface area contributed by atoms with Gasteiger partial charge in [0.05, 0.1) is 12.3 Å². The Balaban J connectivity index is 1.95. The molecule has 2 rings (SSSR count). The molecule has 0 aliphatic carbocycles. The number of imidazole rings is 1. The monoisotopic (exact) mass is 354 g/mol. The molecule has 2 atom stereocenters. The van der Waals surface area contributed by atoms with Gasteiger partial charge in [-0.25, -0.2) is 13.8 Å². The van der Waals surface area contributed by atoms with Crippen LogP contribution in [0.1, 0.15) is 56.8 Å². The highest BCUT2D eigenvalue weighted by Crippen LogP contribution is 2.29. The van der Waals surface area contributed by atoms with Crippen molar-refractivity contribution < 1.29 is 18.3 Å². The van der Waals surface area contributed by atoms with Crippen LogP contribution in [-0.2, 0) is 6.42 Å². The molecule has 0 fully saturated rings. The van der Waals surface area contributed by atoms with Crippen molar-refractivity contribution in [3.63, 3.8) is 0 Å². The first kappa shape index (κ1) is 19.5. The van der Waals surface area contributed by atoms with Gasteiger partial charge < -0.3 is 10.1 Å². The lowest BCUT2D eigenvalue weighted by Crippen LogP contribution is -2.18. The highest BCUT2D eigenvalue weighted by molar-refractivity contribution is 5.16. The minimum atomic E-state index is -1.34. The highest BCUT2D eigenvalue weighted by Gasteiger charge is 2.24. The van der Waals surface area contributed by atoms with E-state index in [0.29, 0.717) is 31.5 Å². The molecule has 25 heavy (non-hydrogen) atoms. The molecule has 0 aliphatic heterocycles. The van der Waals surface area contributed by atoms with Crippen LogP contribution in [-0.4, -0.2) is 26.8 Å². The molecule has 0 spiro atoms. The number of nitrogens with zero attached hydrogens (tertiary/aromatic N) is 1. The number of alkyl halides is 1. The number of nitrogens with one attached hydrogen (secondary N) is 1. The zero-order chi connectivity index (χ0) is 18.4. The summed E-state index contributed by atoms with van der Waals surface area (Å²) in [4.78, 5) is 6.52. The Morgan fingerprint density at radius 2 is 2.00 bits per heavy atom. The topological polar surface area (TPSA) is 48.9 Å². The molecular weight excluding hydrogens is 329 g/mol. The minimum absolute atomic E-state index is 0.262. The Morgan fingerprint density at radius 3 is 2.60 bits per heavy atom. The summed E-state index contributed by atoms with van der Waals surface area (Å²) in [6, 6.07) is 6.26. The second-order valence-electron chi connectivity index (χ2n) is 7.13. The van der Waals surface area contributed by atoms with Crippen LogP contribution in [0.4, 0.5) is 13.2 Å².